The fraction of sp³-hybridized carbons (Fsp3) is 0.418. The minimum Gasteiger partial charge on any atom is -0.495 e. The number of nitrogens with zero attached hydrogens (tertiary/aromatic N) is 3. The SMILES string of the molecule is COc1cc2cc(c1Cl)N(C)C(=O)C[C@H](OC(=O)CSc1ccc(/C(C)=N/NC(=O)c3ccc(NC(=O)CCCCCN4C(=O)C=CC4=O)cc3S(=O)(=O)O)cc1C)C1(C)OC1CC1C[C@@](O)(NC(=O)O1)[C@H](OC)/C=C/C=C(\C)C2. The summed E-state index contributed by atoms with van der Waals surface area (Å²) in [5, 5.41) is 21.1. The lowest BCUT2D eigenvalue weighted by atomic mass is 9.90. The number of hydrogen-bond acceptors (Lipinski definition) is 17. The highest BCUT2D eigenvalue weighted by Crippen LogP contribution is 2.47. The van der Waals surface area contributed by atoms with Gasteiger partial charge in [0.25, 0.3) is 27.8 Å². The Labute approximate surface area is 472 Å². The molecular formula is C55H63ClN6O16S2. The molecule has 0 aliphatic carbocycles. The zero-order chi connectivity index (χ0) is 58.3. The number of ether oxygens (including phenoxy) is 5. The zero-order valence-corrected chi connectivity index (χ0v) is 47.4. The number of carbonyl (C=O) groups excluding carboxylic acids is 7. The monoisotopic (exact) mass is 1160 g/mol. The Morgan fingerprint density at radius 2 is 1.75 bits per heavy atom. The topological polar surface area (TPSA) is 298 Å². The van der Waals surface area contributed by atoms with Crippen LogP contribution in [0.2, 0.25) is 5.02 Å². The molecule has 3 aromatic carbocycles. The van der Waals surface area contributed by atoms with Gasteiger partial charge in [-0.2, -0.15) is 13.5 Å². The van der Waals surface area contributed by atoms with Crippen molar-refractivity contribution in [2.24, 2.45) is 5.10 Å². The van der Waals surface area contributed by atoms with E-state index in [-0.39, 0.29) is 48.7 Å². The van der Waals surface area contributed by atoms with Gasteiger partial charge in [0.15, 0.2) is 5.72 Å². The number of allylic oxidation sites excluding steroid dienone is 3. The maximum absolute atomic E-state index is 14.3. The quantitative estimate of drug-likeness (QED) is 0.0144. The fourth-order valence-corrected chi connectivity index (χ4v) is 11.3. The number of fused-ring (bicyclic) bond motifs is 5. The van der Waals surface area contributed by atoms with Crippen molar-refractivity contribution in [2.75, 3.05) is 43.8 Å². The van der Waals surface area contributed by atoms with Gasteiger partial charge in [0.1, 0.15) is 39.6 Å². The molecule has 4 aliphatic heterocycles. The summed E-state index contributed by atoms with van der Waals surface area (Å²) in [6, 6.07) is 12.1. The van der Waals surface area contributed by atoms with Gasteiger partial charge >= 0.3 is 12.1 Å². The predicted octanol–water partition coefficient (Wildman–Crippen LogP) is 6.35. The summed E-state index contributed by atoms with van der Waals surface area (Å²) in [7, 11) is -0.541. The number of halogens is 1. The minimum absolute atomic E-state index is 0.00469. The van der Waals surface area contributed by atoms with Gasteiger partial charge in [-0.1, -0.05) is 47.9 Å². The number of amides is 6. The molecule has 2 fully saturated rings. The number of anilines is 2. The molecule has 0 saturated carbocycles. The molecule has 2 saturated heterocycles. The van der Waals surface area contributed by atoms with E-state index in [1.807, 2.05) is 13.0 Å². The summed E-state index contributed by atoms with van der Waals surface area (Å²) in [4.78, 5) is 92.8. The molecule has 3 aromatic rings. The normalized spacial score (nSPS) is 24.5. The molecule has 0 spiro atoms. The van der Waals surface area contributed by atoms with E-state index in [0.717, 1.165) is 39.9 Å². The van der Waals surface area contributed by atoms with E-state index in [1.165, 1.54) is 37.3 Å². The van der Waals surface area contributed by atoms with E-state index in [1.54, 1.807) is 70.3 Å². The zero-order valence-electron chi connectivity index (χ0n) is 45.0. The average Bonchev–Trinajstić information content (AvgIpc) is 4.04. The second-order valence-electron chi connectivity index (χ2n) is 19.9. The number of carbonyl (C=O) groups is 7. The Balaban J connectivity index is 1.00. The first kappa shape index (κ1) is 60.7. The molecule has 22 nitrogen and oxygen atoms in total. The van der Waals surface area contributed by atoms with Gasteiger partial charge in [0, 0.05) is 62.7 Å². The first-order chi connectivity index (χ1) is 37.8. The number of rotatable bonds is 17. The number of unbranched alkanes of at least 4 members (excludes halogenated alkanes) is 2. The number of alkyl carbamates (subject to hydrolysis) is 1. The summed E-state index contributed by atoms with van der Waals surface area (Å²) < 4.78 is 64.0. The van der Waals surface area contributed by atoms with Gasteiger partial charge in [-0.05, 0) is 106 Å². The third-order valence-corrected chi connectivity index (χ3v) is 16.4. The standard InChI is InChI=1S/C55H63ClN6O16S2/c1-31-12-11-13-43(75-7)55(70)29-37(76-53(69)58-55)27-45-54(4,78-45)44(28-49(66)61(5)39-24-34(22-31)25-40(74-6)51(39)56)77-50(67)30-79-41-18-15-35(23-32(41)2)33(3)59-60-52(68)38-17-16-36(26-42(38)80(71,72)73)57-46(63)14-9-8-10-21-62-47(64)19-20-48(62)65/h11-13,15-20,23-26,37,43-45,70H,8-10,14,21-22,27-30H2,1-7H3,(H,57,63)(H,58,69)(H,60,68)(H,71,72,73)/b13-11+,31-12+,59-33+/t37?,43-,44+,45?,54?,55+/m1/s1. The number of aliphatic hydroxyl groups is 1. The average molecular weight is 1160 g/mol. The molecule has 6 atom stereocenters. The van der Waals surface area contributed by atoms with Crippen LogP contribution in [0, 0.1) is 6.92 Å². The van der Waals surface area contributed by atoms with Crippen LogP contribution in [0.15, 0.2) is 99.4 Å². The van der Waals surface area contributed by atoms with Gasteiger partial charge in [-0.15, -0.1) is 11.8 Å². The van der Waals surface area contributed by atoms with Crippen LogP contribution in [-0.4, -0.2) is 140 Å². The molecular weight excluding hydrogens is 1100 g/mol. The minimum atomic E-state index is -4.97. The highest BCUT2D eigenvalue weighted by atomic mass is 35.5. The Morgan fingerprint density at radius 3 is 2.44 bits per heavy atom. The Kier molecular flexibility index (Phi) is 19.5. The van der Waals surface area contributed by atoms with E-state index in [9.17, 15) is 51.6 Å². The summed E-state index contributed by atoms with van der Waals surface area (Å²) in [6.07, 6.45) is 4.57. The van der Waals surface area contributed by atoms with Crippen molar-refractivity contribution in [3.63, 3.8) is 0 Å². The highest BCUT2D eigenvalue weighted by molar-refractivity contribution is 8.00. The largest absolute Gasteiger partial charge is 0.495 e. The molecule has 0 aromatic heterocycles. The second kappa shape index (κ2) is 25.7. The van der Waals surface area contributed by atoms with E-state index >= 15 is 0 Å². The molecule has 4 bridgehead atoms. The Bertz CT molecular complexity index is 3190. The third kappa shape index (κ3) is 14.9. The first-order valence-electron chi connectivity index (χ1n) is 25.4. The Morgan fingerprint density at radius 1 is 1.01 bits per heavy atom. The number of imide groups is 1. The van der Waals surface area contributed by atoms with Crippen LogP contribution < -0.4 is 25.7 Å². The third-order valence-electron chi connectivity index (χ3n) is 14.0. The lowest BCUT2D eigenvalue weighted by molar-refractivity contribution is -0.150. The molecule has 4 aliphatic rings. The van der Waals surface area contributed by atoms with Gasteiger partial charge < -0.3 is 39.0 Å². The van der Waals surface area contributed by atoms with Crippen LogP contribution in [0.4, 0.5) is 16.2 Å². The van der Waals surface area contributed by atoms with Crippen LogP contribution in [0.1, 0.15) is 92.8 Å². The summed E-state index contributed by atoms with van der Waals surface area (Å²) in [6.45, 7) is 7.20. The maximum Gasteiger partial charge on any atom is 0.409 e. The van der Waals surface area contributed by atoms with Crippen molar-refractivity contribution >= 4 is 92.2 Å². The molecule has 4 heterocycles. The van der Waals surface area contributed by atoms with Crippen molar-refractivity contribution in [3.8, 4) is 5.75 Å². The predicted molar refractivity (Wildman–Crippen MR) is 295 cm³/mol. The van der Waals surface area contributed by atoms with E-state index in [0.29, 0.717) is 58.9 Å². The summed E-state index contributed by atoms with van der Waals surface area (Å²) in [5.41, 5.74) is 2.38. The van der Waals surface area contributed by atoms with Gasteiger partial charge in [-0.25, -0.2) is 10.2 Å². The Hall–Kier alpha value is -6.93. The van der Waals surface area contributed by atoms with E-state index in [2.05, 4.69) is 21.2 Å². The molecule has 6 amide bonds. The smallest absolute Gasteiger partial charge is 0.409 e. The number of epoxide rings is 1. The van der Waals surface area contributed by atoms with Crippen molar-refractivity contribution in [1.29, 1.82) is 0 Å². The number of esters is 1. The molecule has 3 unspecified atom stereocenters. The number of nitrogens with one attached hydrogen (secondary N) is 3. The van der Waals surface area contributed by atoms with Crippen molar-refractivity contribution in [1.82, 2.24) is 15.6 Å². The van der Waals surface area contributed by atoms with E-state index < -0.39 is 97.9 Å². The van der Waals surface area contributed by atoms with Crippen LogP contribution in [-0.2, 0) is 59.5 Å². The maximum atomic E-state index is 14.3. The molecule has 5 N–H and O–H groups in total. The number of hydrazone groups is 1. The number of benzene rings is 3. The van der Waals surface area contributed by atoms with Crippen LogP contribution in [0.3, 0.4) is 0 Å². The summed E-state index contributed by atoms with van der Waals surface area (Å²) in [5.74, 6) is -3.22. The lowest BCUT2D eigenvalue weighted by Crippen LogP contribution is -2.62. The van der Waals surface area contributed by atoms with Crippen molar-refractivity contribution < 1.29 is 75.3 Å². The number of methoxy groups -OCH3 is 2. The number of aryl methyl sites for hydroxylation is 1. The van der Waals surface area contributed by atoms with Crippen molar-refractivity contribution in [2.45, 2.75) is 125 Å². The fourth-order valence-electron chi connectivity index (χ4n) is 9.49. The second-order valence-corrected chi connectivity index (χ2v) is 22.7. The van der Waals surface area contributed by atoms with Crippen LogP contribution in [0.5, 0.6) is 5.75 Å². The van der Waals surface area contributed by atoms with E-state index in [4.69, 9.17) is 35.3 Å². The lowest BCUT2D eigenvalue weighted by Gasteiger charge is -2.40. The van der Waals surface area contributed by atoms with Gasteiger partial charge in [0.05, 0.1) is 42.3 Å². The summed E-state index contributed by atoms with van der Waals surface area (Å²) >= 11 is 7.97. The molecule has 428 valence electrons. The number of thioether (sulfide) groups is 1. The van der Waals surface area contributed by atoms with Crippen molar-refractivity contribution in [3.05, 3.63) is 112 Å². The number of hydrogen-bond donors (Lipinski definition) is 5. The molecule has 80 heavy (non-hydrogen) atoms. The van der Waals surface area contributed by atoms with Gasteiger partial charge in [0.2, 0.25) is 11.8 Å². The molecule has 7 rings (SSSR count). The highest BCUT2D eigenvalue weighted by Gasteiger charge is 2.61. The van der Waals surface area contributed by atoms with Crippen LogP contribution in [0.25, 0.3) is 0 Å². The molecule has 0 radical (unpaired) electrons. The van der Waals surface area contributed by atoms with Crippen LogP contribution >= 0.6 is 23.4 Å². The van der Waals surface area contributed by atoms with Gasteiger partial charge in [-0.3, -0.25) is 43.5 Å². The first-order valence-corrected chi connectivity index (χ1v) is 28.2. The molecule has 25 heteroatoms.